The van der Waals surface area contributed by atoms with Crippen molar-refractivity contribution in [1.29, 1.82) is 0 Å². The molecule has 0 radical (unpaired) electrons. The normalized spacial score (nSPS) is 22.0. The predicted molar refractivity (Wildman–Crippen MR) is 99.2 cm³/mol. The van der Waals surface area contributed by atoms with Crippen LogP contribution in [-0.2, 0) is 17.9 Å². The van der Waals surface area contributed by atoms with Crippen molar-refractivity contribution in [2.45, 2.75) is 45.3 Å². The van der Waals surface area contributed by atoms with Crippen molar-refractivity contribution in [3.05, 3.63) is 48.3 Å². The number of aromatic nitrogens is 3. The Morgan fingerprint density at radius 1 is 1.19 bits per heavy atom. The highest BCUT2D eigenvalue weighted by Crippen LogP contribution is 2.37. The van der Waals surface area contributed by atoms with Crippen molar-refractivity contribution < 1.29 is 4.79 Å². The third kappa shape index (κ3) is 3.51. The van der Waals surface area contributed by atoms with E-state index < -0.39 is 0 Å². The van der Waals surface area contributed by atoms with Crippen LogP contribution in [0.15, 0.2) is 36.9 Å². The maximum atomic E-state index is 11.7. The topological polar surface area (TPSA) is 54.3 Å². The number of carbonyl (C=O) groups is 1. The van der Waals surface area contributed by atoms with Gasteiger partial charge >= 0.3 is 0 Å². The first-order valence-corrected chi connectivity index (χ1v) is 9.62. The number of hydrogen-bond acceptors (Lipinski definition) is 4. The third-order valence-corrected chi connectivity index (χ3v) is 5.79. The van der Waals surface area contributed by atoms with Crippen molar-refractivity contribution in [3.63, 3.8) is 0 Å². The lowest BCUT2D eigenvalue weighted by molar-refractivity contribution is -0.130. The SMILES string of the molecule is CC(=O)N1CCC(C2c3nccn3CCCN2Cc2cccnc2)CC1. The number of carbonyl (C=O) groups excluding carboxylic acids is 1. The lowest BCUT2D eigenvalue weighted by Gasteiger charge is -2.40. The Kier molecular flexibility index (Phi) is 5.02. The van der Waals surface area contributed by atoms with Crippen molar-refractivity contribution in [3.8, 4) is 0 Å². The third-order valence-electron chi connectivity index (χ3n) is 5.79. The number of fused-ring (bicyclic) bond motifs is 1. The first kappa shape index (κ1) is 17.2. The minimum Gasteiger partial charge on any atom is -0.343 e. The predicted octanol–water partition coefficient (Wildman–Crippen LogP) is 2.48. The second-order valence-electron chi connectivity index (χ2n) is 7.45. The molecule has 0 aromatic carbocycles. The molecule has 6 nitrogen and oxygen atoms in total. The van der Waals surface area contributed by atoms with E-state index in [0.29, 0.717) is 12.0 Å². The molecule has 2 aliphatic rings. The number of amides is 1. The molecule has 2 aromatic heterocycles. The molecule has 0 saturated carbocycles. The first-order valence-electron chi connectivity index (χ1n) is 9.62. The fraction of sp³-hybridized carbons (Fsp3) is 0.550. The fourth-order valence-electron chi connectivity index (χ4n) is 4.47. The van der Waals surface area contributed by atoms with Gasteiger partial charge in [-0.05, 0) is 36.8 Å². The summed E-state index contributed by atoms with van der Waals surface area (Å²) in [5, 5.41) is 0. The standard InChI is InChI=1S/C20H27N5O/c1-16(26)23-11-5-18(6-12-23)19-20-22-8-13-24(20)9-3-10-25(19)15-17-4-2-7-21-14-17/h2,4,7-8,13-14,18-19H,3,5-6,9-12,15H2,1H3. The molecule has 6 heteroatoms. The molecule has 1 atom stereocenters. The second-order valence-corrected chi connectivity index (χ2v) is 7.45. The van der Waals surface area contributed by atoms with Gasteiger partial charge in [0.15, 0.2) is 0 Å². The molecule has 0 bridgehead atoms. The highest BCUT2D eigenvalue weighted by molar-refractivity contribution is 5.73. The van der Waals surface area contributed by atoms with Crippen LogP contribution in [0.4, 0.5) is 0 Å². The van der Waals surface area contributed by atoms with Crippen molar-refractivity contribution in [1.82, 2.24) is 24.3 Å². The molecular formula is C20H27N5O. The minimum atomic E-state index is 0.193. The van der Waals surface area contributed by atoms with Crippen molar-refractivity contribution >= 4 is 5.91 Å². The summed E-state index contributed by atoms with van der Waals surface area (Å²) in [6.45, 7) is 6.39. The summed E-state index contributed by atoms with van der Waals surface area (Å²) < 4.78 is 2.32. The van der Waals surface area contributed by atoms with Crippen molar-refractivity contribution in [2.75, 3.05) is 19.6 Å². The van der Waals surface area contributed by atoms with Gasteiger partial charge in [-0.2, -0.15) is 0 Å². The summed E-state index contributed by atoms with van der Waals surface area (Å²) in [7, 11) is 0. The molecule has 4 heterocycles. The van der Waals surface area contributed by atoms with Gasteiger partial charge < -0.3 is 9.47 Å². The van der Waals surface area contributed by atoms with E-state index in [1.54, 1.807) is 6.92 Å². The van der Waals surface area contributed by atoms with Crippen LogP contribution in [0.3, 0.4) is 0 Å². The average Bonchev–Trinajstić information content (AvgIpc) is 3.04. The van der Waals surface area contributed by atoms with Gasteiger partial charge in [0.05, 0.1) is 6.04 Å². The Bertz CT molecular complexity index is 736. The summed E-state index contributed by atoms with van der Waals surface area (Å²) in [6.07, 6.45) is 11.1. The summed E-state index contributed by atoms with van der Waals surface area (Å²) >= 11 is 0. The Balaban J connectivity index is 1.59. The van der Waals surface area contributed by atoms with E-state index in [9.17, 15) is 4.79 Å². The van der Waals surface area contributed by atoms with Gasteiger partial charge in [0, 0.05) is 64.4 Å². The number of rotatable bonds is 3. The molecule has 4 rings (SSSR count). The minimum absolute atomic E-state index is 0.193. The van der Waals surface area contributed by atoms with Crippen LogP contribution in [0.5, 0.6) is 0 Å². The Labute approximate surface area is 154 Å². The van der Waals surface area contributed by atoms with E-state index in [2.05, 4.69) is 26.7 Å². The molecule has 0 aliphatic carbocycles. The molecule has 0 N–H and O–H groups in total. The van der Waals surface area contributed by atoms with Crippen LogP contribution >= 0.6 is 0 Å². The molecule has 1 unspecified atom stereocenters. The van der Waals surface area contributed by atoms with Gasteiger partial charge in [-0.15, -0.1) is 0 Å². The van der Waals surface area contributed by atoms with Crippen molar-refractivity contribution in [2.24, 2.45) is 5.92 Å². The highest BCUT2D eigenvalue weighted by atomic mass is 16.2. The summed E-state index contributed by atoms with van der Waals surface area (Å²) in [4.78, 5) is 25.3. The summed E-state index contributed by atoms with van der Waals surface area (Å²) in [6, 6.07) is 4.47. The Morgan fingerprint density at radius 3 is 2.77 bits per heavy atom. The lowest BCUT2D eigenvalue weighted by Crippen LogP contribution is -2.42. The Hall–Kier alpha value is -2.21. The fourth-order valence-corrected chi connectivity index (χ4v) is 4.47. The number of nitrogens with zero attached hydrogens (tertiary/aromatic N) is 5. The first-order chi connectivity index (χ1) is 12.7. The van der Waals surface area contributed by atoms with Crippen LogP contribution in [-0.4, -0.2) is 49.9 Å². The number of piperidine rings is 1. The van der Waals surface area contributed by atoms with Gasteiger partial charge in [-0.25, -0.2) is 4.98 Å². The molecule has 2 aromatic rings. The summed E-state index contributed by atoms with van der Waals surface area (Å²) in [5.74, 6) is 1.91. The molecule has 1 fully saturated rings. The molecule has 1 saturated heterocycles. The van der Waals surface area contributed by atoms with Crippen LogP contribution in [0, 0.1) is 5.92 Å². The number of imidazole rings is 1. The van der Waals surface area contributed by atoms with Gasteiger partial charge in [0.1, 0.15) is 5.82 Å². The van der Waals surface area contributed by atoms with E-state index in [0.717, 1.165) is 52.0 Å². The van der Waals surface area contributed by atoms with E-state index >= 15 is 0 Å². The van der Waals surface area contributed by atoms with E-state index in [1.807, 2.05) is 29.6 Å². The monoisotopic (exact) mass is 353 g/mol. The maximum Gasteiger partial charge on any atom is 0.219 e. The molecule has 1 amide bonds. The number of hydrogen-bond donors (Lipinski definition) is 0. The number of aryl methyl sites for hydroxylation is 1. The largest absolute Gasteiger partial charge is 0.343 e. The smallest absolute Gasteiger partial charge is 0.219 e. The van der Waals surface area contributed by atoms with Gasteiger partial charge in [0.2, 0.25) is 5.91 Å². The van der Waals surface area contributed by atoms with Gasteiger partial charge in [-0.1, -0.05) is 6.07 Å². The number of likely N-dealkylation sites (tertiary alicyclic amines) is 1. The van der Waals surface area contributed by atoms with E-state index in [-0.39, 0.29) is 5.91 Å². The Morgan fingerprint density at radius 2 is 2.04 bits per heavy atom. The zero-order valence-corrected chi connectivity index (χ0v) is 15.4. The zero-order valence-electron chi connectivity index (χ0n) is 15.4. The molecule has 26 heavy (non-hydrogen) atoms. The van der Waals surface area contributed by atoms with E-state index in [1.165, 1.54) is 11.4 Å². The van der Waals surface area contributed by atoms with Gasteiger partial charge in [0.25, 0.3) is 0 Å². The molecular weight excluding hydrogens is 326 g/mol. The maximum absolute atomic E-state index is 11.7. The number of pyridine rings is 1. The second kappa shape index (κ2) is 7.58. The summed E-state index contributed by atoms with van der Waals surface area (Å²) in [5.41, 5.74) is 1.25. The quantitative estimate of drug-likeness (QED) is 0.851. The van der Waals surface area contributed by atoms with Crippen LogP contribution in [0.1, 0.15) is 43.6 Å². The zero-order chi connectivity index (χ0) is 17.9. The van der Waals surface area contributed by atoms with Gasteiger partial charge in [-0.3, -0.25) is 14.7 Å². The van der Waals surface area contributed by atoms with Crippen LogP contribution in [0.2, 0.25) is 0 Å². The molecule has 2 aliphatic heterocycles. The van der Waals surface area contributed by atoms with Crippen LogP contribution < -0.4 is 0 Å². The van der Waals surface area contributed by atoms with E-state index in [4.69, 9.17) is 4.98 Å². The molecule has 138 valence electrons. The average molecular weight is 353 g/mol. The highest BCUT2D eigenvalue weighted by Gasteiger charge is 2.36. The van der Waals surface area contributed by atoms with Crippen LogP contribution in [0.25, 0.3) is 0 Å². The molecule has 0 spiro atoms. The lowest BCUT2D eigenvalue weighted by atomic mass is 9.87.